The lowest BCUT2D eigenvalue weighted by molar-refractivity contribution is 0.0651. The van der Waals surface area contributed by atoms with E-state index in [1.54, 1.807) is 35.3 Å². The SMILES string of the molecule is O=C1c2ccccc2C(=O)N1CCCCn1cncn1. The fraction of sp³-hybridized carbons (Fsp3) is 0.286. The van der Waals surface area contributed by atoms with E-state index in [4.69, 9.17) is 0 Å². The van der Waals surface area contributed by atoms with Crippen molar-refractivity contribution in [3.63, 3.8) is 0 Å². The van der Waals surface area contributed by atoms with Gasteiger partial charge < -0.3 is 0 Å². The molecular weight excluding hydrogens is 256 g/mol. The molecule has 0 radical (unpaired) electrons. The largest absolute Gasteiger partial charge is 0.274 e. The fourth-order valence-electron chi connectivity index (χ4n) is 2.33. The van der Waals surface area contributed by atoms with E-state index >= 15 is 0 Å². The zero-order chi connectivity index (χ0) is 13.9. The van der Waals surface area contributed by atoms with Gasteiger partial charge in [-0.2, -0.15) is 5.10 Å². The van der Waals surface area contributed by atoms with Crippen LogP contribution in [0.2, 0.25) is 0 Å². The van der Waals surface area contributed by atoms with Gasteiger partial charge >= 0.3 is 0 Å². The van der Waals surface area contributed by atoms with Gasteiger partial charge in [-0.05, 0) is 25.0 Å². The molecule has 1 aromatic heterocycles. The molecule has 0 spiro atoms. The quantitative estimate of drug-likeness (QED) is 0.607. The summed E-state index contributed by atoms with van der Waals surface area (Å²) >= 11 is 0. The lowest BCUT2D eigenvalue weighted by atomic mass is 10.1. The molecule has 1 aliphatic rings. The Morgan fingerprint density at radius 3 is 2.20 bits per heavy atom. The maximum atomic E-state index is 12.1. The van der Waals surface area contributed by atoms with Crippen LogP contribution < -0.4 is 0 Å². The number of benzene rings is 1. The van der Waals surface area contributed by atoms with Crippen molar-refractivity contribution in [2.24, 2.45) is 0 Å². The molecule has 0 fully saturated rings. The Balaban J connectivity index is 1.57. The van der Waals surface area contributed by atoms with E-state index in [1.165, 1.54) is 11.2 Å². The molecule has 1 aromatic carbocycles. The molecule has 6 heteroatoms. The van der Waals surface area contributed by atoms with E-state index in [0.29, 0.717) is 17.7 Å². The number of hydrogen-bond donors (Lipinski definition) is 0. The van der Waals surface area contributed by atoms with Crippen LogP contribution in [0.3, 0.4) is 0 Å². The topological polar surface area (TPSA) is 68.1 Å². The highest BCUT2D eigenvalue weighted by Gasteiger charge is 2.34. The highest BCUT2D eigenvalue weighted by atomic mass is 16.2. The molecule has 0 saturated carbocycles. The van der Waals surface area contributed by atoms with Gasteiger partial charge in [0.1, 0.15) is 12.7 Å². The number of aromatic nitrogens is 3. The summed E-state index contributed by atoms with van der Waals surface area (Å²) < 4.78 is 1.74. The van der Waals surface area contributed by atoms with Gasteiger partial charge in [-0.1, -0.05) is 12.1 Å². The summed E-state index contributed by atoms with van der Waals surface area (Å²) in [4.78, 5) is 29.4. The van der Waals surface area contributed by atoms with Crippen LogP contribution in [-0.2, 0) is 6.54 Å². The van der Waals surface area contributed by atoms with Crippen LogP contribution in [-0.4, -0.2) is 38.0 Å². The van der Waals surface area contributed by atoms with Crippen LogP contribution in [0.1, 0.15) is 33.6 Å². The van der Waals surface area contributed by atoms with Crippen molar-refractivity contribution in [1.29, 1.82) is 0 Å². The number of imide groups is 1. The summed E-state index contributed by atoms with van der Waals surface area (Å²) in [5.41, 5.74) is 1.02. The Morgan fingerprint density at radius 2 is 1.60 bits per heavy atom. The van der Waals surface area contributed by atoms with Gasteiger partial charge in [0.05, 0.1) is 11.1 Å². The van der Waals surface area contributed by atoms with Crippen LogP contribution in [0.5, 0.6) is 0 Å². The Hall–Kier alpha value is -2.50. The molecule has 6 nitrogen and oxygen atoms in total. The van der Waals surface area contributed by atoms with Gasteiger partial charge in [-0.25, -0.2) is 4.98 Å². The number of rotatable bonds is 5. The van der Waals surface area contributed by atoms with Crippen LogP contribution >= 0.6 is 0 Å². The van der Waals surface area contributed by atoms with Gasteiger partial charge in [-0.3, -0.25) is 19.2 Å². The number of hydrogen-bond acceptors (Lipinski definition) is 4. The molecule has 2 heterocycles. The number of carbonyl (C=O) groups excluding carboxylic acids is 2. The molecule has 3 rings (SSSR count). The minimum absolute atomic E-state index is 0.189. The van der Waals surface area contributed by atoms with Gasteiger partial charge in [0.15, 0.2) is 0 Å². The Morgan fingerprint density at radius 1 is 0.950 bits per heavy atom. The van der Waals surface area contributed by atoms with E-state index in [-0.39, 0.29) is 11.8 Å². The van der Waals surface area contributed by atoms with E-state index in [1.807, 2.05) is 0 Å². The standard InChI is InChI=1S/C14H14N4O2/c19-13-11-5-1-2-6-12(11)14(20)18(13)8-4-3-7-17-10-15-9-16-17/h1-2,5-6,9-10H,3-4,7-8H2. The molecule has 2 amide bonds. The maximum absolute atomic E-state index is 12.1. The van der Waals surface area contributed by atoms with Gasteiger partial charge in [0.25, 0.3) is 11.8 Å². The average molecular weight is 270 g/mol. The summed E-state index contributed by atoms with van der Waals surface area (Å²) in [6.07, 6.45) is 4.74. The predicted octanol–water partition coefficient (Wildman–Crippen LogP) is 1.35. The van der Waals surface area contributed by atoms with E-state index in [9.17, 15) is 9.59 Å². The van der Waals surface area contributed by atoms with Gasteiger partial charge in [-0.15, -0.1) is 0 Å². The van der Waals surface area contributed by atoms with Crippen molar-refractivity contribution >= 4 is 11.8 Å². The third-order valence-electron chi connectivity index (χ3n) is 3.36. The normalized spacial score (nSPS) is 13.9. The van der Waals surface area contributed by atoms with Crippen molar-refractivity contribution in [2.75, 3.05) is 6.54 Å². The Bertz CT molecular complexity index is 601. The lowest BCUT2D eigenvalue weighted by Crippen LogP contribution is -2.30. The van der Waals surface area contributed by atoms with E-state index in [0.717, 1.165) is 19.4 Å². The molecular formula is C14H14N4O2. The molecule has 1 aliphatic heterocycles. The number of aryl methyl sites for hydroxylation is 1. The Labute approximate surface area is 116 Å². The molecule has 20 heavy (non-hydrogen) atoms. The van der Waals surface area contributed by atoms with Crippen molar-refractivity contribution in [2.45, 2.75) is 19.4 Å². The highest BCUT2D eigenvalue weighted by Crippen LogP contribution is 2.22. The average Bonchev–Trinajstić information content (AvgIpc) is 3.06. The first kappa shape index (κ1) is 12.5. The van der Waals surface area contributed by atoms with E-state index < -0.39 is 0 Å². The maximum Gasteiger partial charge on any atom is 0.261 e. The predicted molar refractivity (Wildman–Crippen MR) is 71.1 cm³/mol. The molecule has 0 atom stereocenters. The molecule has 0 unspecified atom stereocenters. The van der Waals surface area contributed by atoms with Gasteiger partial charge in [0, 0.05) is 13.1 Å². The first-order valence-corrected chi connectivity index (χ1v) is 6.55. The minimum Gasteiger partial charge on any atom is -0.274 e. The summed E-state index contributed by atoms with van der Waals surface area (Å²) in [5, 5.41) is 4.01. The summed E-state index contributed by atoms with van der Waals surface area (Å²) in [7, 11) is 0. The van der Waals surface area contributed by atoms with Crippen molar-refractivity contribution < 1.29 is 9.59 Å². The summed E-state index contributed by atoms with van der Waals surface area (Å²) in [5.74, 6) is -0.377. The van der Waals surface area contributed by atoms with Crippen LogP contribution in [0.25, 0.3) is 0 Å². The highest BCUT2D eigenvalue weighted by molar-refractivity contribution is 6.21. The fourth-order valence-corrected chi connectivity index (χ4v) is 2.33. The summed E-state index contributed by atoms with van der Waals surface area (Å²) in [6.45, 7) is 1.18. The molecule has 2 aromatic rings. The smallest absolute Gasteiger partial charge is 0.261 e. The second kappa shape index (κ2) is 5.24. The van der Waals surface area contributed by atoms with Crippen molar-refractivity contribution in [1.82, 2.24) is 19.7 Å². The summed E-state index contributed by atoms with van der Waals surface area (Å²) in [6, 6.07) is 6.95. The molecule has 0 N–H and O–H groups in total. The second-order valence-electron chi connectivity index (χ2n) is 4.67. The minimum atomic E-state index is -0.189. The van der Waals surface area contributed by atoms with Gasteiger partial charge in [0.2, 0.25) is 0 Å². The first-order valence-electron chi connectivity index (χ1n) is 6.55. The zero-order valence-corrected chi connectivity index (χ0v) is 10.9. The van der Waals surface area contributed by atoms with Crippen molar-refractivity contribution in [3.05, 3.63) is 48.0 Å². The zero-order valence-electron chi connectivity index (χ0n) is 10.9. The van der Waals surface area contributed by atoms with Crippen LogP contribution in [0.15, 0.2) is 36.9 Å². The number of carbonyl (C=O) groups is 2. The molecule has 0 aliphatic carbocycles. The lowest BCUT2D eigenvalue weighted by Gasteiger charge is -2.13. The third-order valence-corrected chi connectivity index (χ3v) is 3.36. The number of nitrogens with zero attached hydrogens (tertiary/aromatic N) is 4. The van der Waals surface area contributed by atoms with E-state index in [2.05, 4.69) is 10.1 Å². The molecule has 0 saturated heterocycles. The Kier molecular flexibility index (Phi) is 3.28. The van der Waals surface area contributed by atoms with Crippen LogP contribution in [0.4, 0.5) is 0 Å². The third kappa shape index (κ3) is 2.20. The monoisotopic (exact) mass is 270 g/mol. The van der Waals surface area contributed by atoms with Crippen LogP contribution in [0, 0.1) is 0 Å². The number of fused-ring (bicyclic) bond motifs is 1. The first-order chi connectivity index (χ1) is 9.77. The number of amides is 2. The molecule has 0 bridgehead atoms. The molecule has 102 valence electrons. The number of unbranched alkanes of at least 4 members (excludes halogenated alkanes) is 1. The second-order valence-corrected chi connectivity index (χ2v) is 4.67. The van der Waals surface area contributed by atoms with Crippen molar-refractivity contribution in [3.8, 4) is 0 Å².